The SMILES string of the molecule is O=C(NCC12CC3CC(CC(C3)C1)C2)c1cccn2nc(CCC3=NCCN3)cc12. The minimum atomic E-state index is 0.0460. The highest BCUT2D eigenvalue weighted by molar-refractivity contribution is 6.00. The number of hydrogen-bond acceptors (Lipinski definition) is 4. The van der Waals surface area contributed by atoms with Gasteiger partial charge in [0.2, 0.25) is 0 Å². The van der Waals surface area contributed by atoms with Crippen molar-refractivity contribution in [1.82, 2.24) is 20.2 Å². The van der Waals surface area contributed by atoms with Crippen molar-refractivity contribution in [3.8, 4) is 0 Å². The van der Waals surface area contributed by atoms with Crippen molar-refractivity contribution in [3.63, 3.8) is 0 Å². The third-order valence-electron chi connectivity index (χ3n) is 7.95. The molecule has 0 aromatic carbocycles. The topological polar surface area (TPSA) is 70.8 Å². The van der Waals surface area contributed by atoms with Crippen molar-refractivity contribution < 1.29 is 4.79 Å². The third kappa shape index (κ3) is 3.30. The fourth-order valence-electron chi connectivity index (χ4n) is 7.11. The maximum absolute atomic E-state index is 13.1. The van der Waals surface area contributed by atoms with Crippen molar-refractivity contribution >= 4 is 17.3 Å². The first-order valence-corrected chi connectivity index (χ1v) is 11.7. The molecule has 4 aliphatic carbocycles. The van der Waals surface area contributed by atoms with Gasteiger partial charge in [0.05, 0.1) is 29.2 Å². The van der Waals surface area contributed by atoms with Crippen LogP contribution in [0.1, 0.15) is 61.0 Å². The first-order valence-electron chi connectivity index (χ1n) is 11.7. The summed E-state index contributed by atoms with van der Waals surface area (Å²) in [6.45, 7) is 2.64. The van der Waals surface area contributed by atoms with Crippen LogP contribution < -0.4 is 10.6 Å². The zero-order valence-electron chi connectivity index (χ0n) is 17.6. The second-order valence-electron chi connectivity index (χ2n) is 10.2. The van der Waals surface area contributed by atoms with Gasteiger partial charge in [-0.05, 0) is 86.3 Å². The number of amides is 1. The molecule has 2 aromatic rings. The lowest BCUT2D eigenvalue weighted by Crippen LogP contribution is -2.51. The summed E-state index contributed by atoms with van der Waals surface area (Å²) in [5, 5.41) is 11.3. The van der Waals surface area contributed by atoms with Crippen LogP contribution in [-0.2, 0) is 6.42 Å². The molecule has 158 valence electrons. The van der Waals surface area contributed by atoms with Crippen LogP contribution in [0.15, 0.2) is 29.4 Å². The van der Waals surface area contributed by atoms with E-state index in [0.29, 0.717) is 5.41 Å². The summed E-state index contributed by atoms with van der Waals surface area (Å²) in [6, 6.07) is 5.92. The van der Waals surface area contributed by atoms with Gasteiger partial charge in [0.15, 0.2) is 0 Å². The van der Waals surface area contributed by atoms with Crippen molar-refractivity contribution in [1.29, 1.82) is 0 Å². The zero-order chi connectivity index (χ0) is 20.1. The predicted molar refractivity (Wildman–Crippen MR) is 117 cm³/mol. The molecule has 6 nitrogen and oxygen atoms in total. The van der Waals surface area contributed by atoms with Crippen LogP contribution in [0.2, 0.25) is 0 Å². The highest BCUT2D eigenvalue weighted by Crippen LogP contribution is 2.59. The number of aromatic nitrogens is 2. The molecule has 0 saturated heterocycles. The molecule has 2 aromatic heterocycles. The van der Waals surface area contributed by atoms with Crippen molar-refractivity contribution in [2.24, 2.45) is 28.2 Å². The molecular weight excluding hydrogens is 374 g/mol. The van der Waals surface area contributed by atoms with Crippen LogP contribution in [0.25, 0.3) is 5.52 Å². The van der Waals surface area contributed by atoms with E-state index < -0.39 is 0 Å². The van der Waals surface area contributed by atoms with E-state index in [1.807, 2.05) is 22.8 Å². The van der Waals surface area contributed by atoms with Crippen molar-refractivity contribution in [3.05, 3.63) is 35.7 Å². The van der Waals surface area contributed by atoms with E-state index in [2.05, 4.69) is 26.8 Å². The van der Waals surface area contributed by atoms with E-state index in [1.54, 1.807) is 0 Å². The summed E-state index contributed by atoms with van der Waals surface area (Å²) in [5.74, 6) is 3.85. The normalized spacial score (nSPS) is 31.7. The average Bonchev–Trinajstić information content (AvgIpc) is 3.38. The van der Waals surface area contributed by atoms with Crippen LogP contribution in [0.5, 0.6) is 0 Å². The first-order chi connectivity index (χ1) is 14.7. The number of pyridine rings is 1. The molecule has 0 unspecified atom stereocenters. The molecule has 1 amide bonds. The Hall–Kier alpha value is -2.37. The molecule has 30 heavy (non-hydrogen) atoms. The van der Waals surface area contributed by atoms with Gasteiger partial charge in [-0.15, -0.1) is 0 Å². The number of nitrogens with one attached hydrogen (secondary N) is 2. The molecule has 5 aliphatic rings. The summed E-state index contributed by atoms with van der Waals surface area (Å²) in [4.78, 5) is 17.6. The Labute approximate surface area is 177 Å². The van der Waals surface area contributed by atoms with E-state index in [9.17, 15) is 4.79 Å². The maximum atomic E-state index is 13.1. The zero-order valence-corrected chi connectivity index (χ0v) is 17.6. The minimum absolute atomic E-state index is 0.0460. The lowest BCUT2D eigenvalue weighted by atomic mass is 9.49. The summed E-state index contributed by atoms with van der Waals surface area (Å²) in [7, 11) is 0. The number of aliphatic imine (C=N–C) groups is 1. The lowest BCUT2D eigenvalue weighted by molar-refractivity contribution is -0.0503. The van der Waals surface area contributed by atoms with E-state index >= 15 is 0 Å². The predicted octanol–water partition coefficient (Wildman–Crippen LogP) is 3.21. The fraction of sp³-hybridized carbons (Fsp3) is 0.625. The summed E-state index contributed by atoms with van der Waals surface area (Å²) >= 11 is 0. The number of aryl methyl sites for hydroxylation is 1. The Morgan fingerprint density at radius 1 is 1.17 bits per heavy atom. The van der Waals surface area contributed by atoms with Gasteiger partial charge in [-0.25, -0.2) is 4.52 Å². The van der Waals surface area contributed by atoms with E-state index in [-0.39, 0.29) is 5.91 Å². The molecular formula is C24H31N5O. The maximum Gasteiger partial charge on any atom is 0.253 e. The molecule has 0 radical (unpaired) electrons. The molecule has 7 rings (SSSR count). The van der Waals surface area contributed by atoms with Gasteiger partial charge >= 0.3 is 0 Å². The number of hydrogen-bond donors (Lipinski definition) is 2. The molecule has 0 atom stereocenters. The van der Waals surface area contributed by atoms with Gasteiger partial charge in [0.1, 0.15) is 0 Å². The second kappa shape index (κ2) is 7.10. The van der Waals surface area contributed by atoms with Gasteiger partial charge in [0.25, 0.3) is 5.91 Å². The second-order valence-corrected chi connectivity index (χ2v) is 10.2. The van der Waals surface area contributed by atoms with Crippen LogP contribution in [0.3, 0.4) is 0 Å². The largest absolute Gasteiger partial charge is 0.372 e. The Morgan fingerprint density at radius 3 is 2.63 bits per heavy atom. The first kappa shape index (κ1) is 18.4. The highest BCUT2D eigenvalue weighted by atomic mass is 16.1. The monoisotopic (exact) mass is 405 g/mol. The summed E-state index contributed by atoms with van der Waals surface area (Å²) in [5.41, 5.74) is 3.00. The molecule has 1 aliphatic heterocycles. The van der Waals surface area contributed by atoms with E-state index in [4.69, 9.17) is 0 Å². The quantitative estimate of drug-likeness (QED) is 0.775. The number of carbonyl (C=O) groups is 1. The van der Waals surface area contributed by atoms with E-state index in [0.717, 1.165) is 72.8 Å². The van der Waals surface area contributed by atoms with Crippen molar-refractivity contribution in [2.75, 3.05) is 19.6 Å². The number of nitrogens with zero attached hydrogens (tertiary/aromatic N) is 3. The third-order valence-corrected chi connectivity index (χ3v) is 7.95. The molecule has 2 N–H and O–H groups in total. The van der Waals surface area contributed by atoms with Crippen LogP contribution in [0.4, 0.5) is 0 Å². The van der Waals surface area contributed by atoms with Gasteiger partial charge in [-0.1, -0.05) is 0 Å². The standard InChI is InChI=1S/C24H31N5O/c30-23(27-15-24-12-16-8-17(13-24)10-18(9-16)14-24)20-2-1-7-29-21(20)11-19(28-29)3-4-22-25-5-6-26-22/h1-2,7,11,16-18H,3-6,8-10,12-15H2,(H,25,26)(H,27,30). The fourth-order valence-corrected chi connectivity index (χ4v) is 7.11. The molecule has 6 heteroatoms. The smallest absolute Gasteiger partial charge is 0.253 e. The van der Waals surface area contributed by atoms with Gasteiger partial charge < -0.3 is 10.6 Å². The summed E-state index contributed by atoms with van der Waals surface area (Å²) in [6.07, 6.45) is 11.9. The average molecular weight is 406 g/mol. The molecule has 4 saturated carbocycles. The van der Waals surface area contributed by atoms with Gasteiger partial charge in [0, 0.05) is 25.7 Å². The van der Waals surface area contributed by atoms with Crippen LogP contribution in [-0.4, -0.2) is 41.0 Å². The van der Waals surface area contributed by atoms with Gasteiger partial charge in [-0.3, -0.25) is 9.79 Å². The Morgan fingerprint density at radius 2 is 1.93 bits per heavy atom. The molecule has 3 heterocycles. The molecule has 0 spiro atoms. The number of carbonyl (C=O) groups excluding carboxylic acids is 1. The summed E-state index contributed by atoms with van der Waals surface area (Å²) < 4.78 is 1.85. The number of amidine groups is 1. The van der Waals surface area contributed by atoms with Crippen LogP contribution in [0, 0.1) is 23.2 Å². The van der Waals surface area contributed by atoms with E-state index in [1.165, 1.54) is 38.5 Å². The Kier molecular flexibility index (Phi) is 4.36. The van der Waals surface area contributed by atoms with Crippen LogP contribution >= 0.6 is 0 Å². The highest BCUT2D eigenvalue weighted by Gasteiger charge is 2.50. The number of rotatable bonds is 6. The molecule has 4 fully saturated rings. The Balaban J connectivity index is 1.16. The minimum Gasteiger partial charge on any atom is -0.372 e. The van der Waals surface area contributed by atoms with Gasteiger partial charge in [-0.2, -0.15) is 5.10 Å². The lowest BCUT2D eigenvalue weighted by Gasteiger charge is -2.56. The Bertz CT molecular complexity index is 971. The number of fused-ring (bicyclic) bond motifs is 1. The van der Waals surface area contributed by atoms with Crippen molar-refractivity contribution in [2.45, 2.75) is 51.4 Å². The molecule has 4 bridgehead atoms.